The molecule has 0 aliphatic carbocycles. The van der Waals surface area contributed by atoms with Gasteiger partial charge in [-0.15, -0.1) is 0 Å². The van der Waals surface area contributed by atoms with Crippen LogP contribution in [0.2, 0.25) is 5.02 Å². The summed E-state index contributed by atoms with van der Waals surface area (Å²) in [6.07, 6.45) is 2.54. The first-order chi connectivity index (χ1) is 10.1. The second-order valence-corrected chi connectivity index (χ2v) is 5.54. The minimum atomic E-state index is -0.0265. The maximum atomic E-state index is 12.0. The van der Waals surface area contributed by atoms with Crippen molar-refractivity contribution in [2.24, 2.45) is 5.92 Å². The van der Waals surface area contributed by atoms with E-state index < -0.39 is 0 Å². The lowest BCUT2D eigenvalue weighted by atomic mass is 10.0. The highest BCUT2D eigenvalue weighted by Crippen LogP contribution is 2.36. The first kappa shape index (κ1) is 15.9. The highest BCUT2D eigenvalue weighted by molar-refractivity contribution is 6.32. The van der Waals surface area contributed by atoms with Crippen LogP contribution in [0.15, 0.2) is 12.1 Å². The van der Waals surface area contributed by atoms with Crippen molar-refractivity contribution in [1.29, 1.82) is 0 Å². The second-order valence-electron chi connectivity index (χ2n) is 5.13. The lowest BCUT2D eigenvalue weighted by molar-refractivity contribution is -0.116. The van der Waals surface area contributed by atoms with Crippen molar-refractivity contribution in [3.63, 3.8) is 0 Å². The number of methoxy groups -OCH3 is 2. The van der Waals surface area contributed by atoms with Crippen LogP contribution in [-0.4, -0.2) is 33.2 Å². The number of anilines is 1. The molecule has 1 fully saturated rings. The van der Waals surface area contributed by atoms with Crippen molar-refractivity contribution in [3.8, 4) is 11.5 Å². The number of ether oxygens (including phenoxy) is 2. The Morgan fingerprint density at radius 2 is 2.14 bits per heavy atom. The zero-order valence-corrected chi connectivity index (χ0v) is 13.1. The van der Waals surface area contributed by atoms with E-state index in [0.717, 1.165) is 25.9 Å². The summed E-state index contributed by atoms with van der Waals surface area (Å²) in [6, 6.07) is 3.31. The van der Waals surface area contributed by atoms with E-state index in [2.05, 4.69) is 10.6 Å². The molecule has 6 heteroatoms. The monoisotopic (exact) mass is 312 g/mol. The van der Waals surface area contributed by atoms with E-state index in [-0.39, 0.29) is 5.91 Å². The summed E-state index contributed by atoms with van der Waals surface area (Å²) in [6.45, 7) is 2.05. The highest BCUT2D eigenvalue weighted by atomic mass is 35.5. The molecule has 2 rings (SSSR count). The zero-order chi connectivity index (χ0) is 15.2. The molecule has 1 aromatic carbocycles. The van der Waals surface area contributed by atoms with Crippen molar-refractivity contribution in [3.05, 3.63) is 17.2 Å². The Bertz CT molecular complexity index is 502. The quantitative estimate of drug-likeness (QED) is 0.848. The van der Waals surface area contributed by atoms with Crippen LogP contribution in [0, 0.1) is 5.92 Å². The fourth-order valence-corrected chi connectivity index (χ4v) is 2.71. The van der Waals surface area contributed by atoms with Gasteiger partial charge in [0, 0.05) is 12.5 Å². The van der Waals surface area contributed by atoms with E-state index in [1.807, 2.05) is 0 Å². The second kappa shape index (κ2) is 7.52. The molecule has 0 spiro atoms. The van der Waals surface area contributed by atoms with E-state index in [9.17, 15) is 4.79 Å². The first-order valence-electron chi connectivity index (χ1n) is 7.06. The van der Waals surface area contributed by atoms with Crippen molar-refractivity contribution < 1.29 is 14.3 Å². The third-order valence-electron chi connectivity index (χ3n) is 3.69. The molecule has 1 unspecified atom stereocenters. The van der Waals surface area contributed by atoms with Crippen molar-refractivity contribution in [2.45, 2.75) is 19.3 Å². The van der Waals surface area contributed by atoms with Crippen LogP contribution in [0.1, 0.15) is 19.3 Å². The van der Waals surface area contributed by atoms with Gasteiger partial charge in [0.1, 0.15) is 11.5 Å². The number of carbonyl (C=O) groups is 1. The van der Waals surface area contributed by atoms with Crippen LogP contribution >= 0.6 is 11.6 Å². The van der Waals surface area contributed by atoms with Gasteiger partial charge >= 0.3 is 0 Å². The van der Waals surface area contributed by atoms with E-state index in [1.54, 1.807) is 19.2 Å². The average molecular weight is 313 g/mol. The van der Waals surface area contributed by atoms with Crippen LogP contribution < -0.4 is 20.1 Å². The number of nitrogens with one attached hydrogen (secondary N) is 2. The van der Waals surface area contributed by atoms with Gasteiger partial charge in [-0.3, -0.25) is 4.79 Å². The number of rotatable bonds is 6. The van der Waals surface area contributed by atoms with Crippen molar-refractivity contribution >= 4 is 23.2 Å². The molecule has 1 heterocycles. The molecule has 116 valence electrons. The molecule has 1 aromatic rings. The number of hydrogen-bond acceptors (Lipinski definition) is 4. The number of benzene rings is 1. The molecular weight excluding hydrogens is 292 g/mol. The third kappa shape index (κ3) is 4.25. The molecule has 5 nitrogen and oxygen atoms in total. The zero-order valence-electron chi connectivity index (χ0n) is 12.4. The Morgan fingerprint density at radius 3 is 2.76 bits per heavy atom. The summed E-state index contributed by atoms with van der Waals surface area (Å²) in [5.41, 5.74) is 0.567. The van der Waals surface area contributed by atoms with Crippen molar-refractivity contribution in [1.82, 2.24) is 5.32 Å². The summed E-state index contributed by atoms with van der Waals surface area (Å²) < 4.78 is 10.4. The SMILES string of the molecule is COc1cc(OC)c(NC(=O)CCC2CCNC2)cc1Cl. The molecule has 1 aliphatic rings. The van der Waals surface area contributed by atoms with E-state index in [0.29, 0.717) is 34.5 Å². The molecule has 0 radical (unpaired) electrons. The Morgan fingerprint density at radius 1 is 1.38 bits per heavy atom. The molecular formula is C15H21ClN2O3. The lowest BCUT2D eigenvalue weighted by Gasteiger charge is -2.13. The van der Waals surface area contributed by atoms with Gasteiger partial charge in [-0.2, -0.15) is 0 Å². The molecule has 1 aliphatic heterocycles. The van der Waals surface area contributed by atoms with Gasteiger partial charge in [-0.05, 0) is 37.9 Å². The Labute approximate surface area is 130 Å². The third-order valence-corrected chi connectivity index (χ3v) is 3.99. The van der Waals surface area contributed by atoms with Gasteiger partial charge in [0.05, 0.1) is 24.9 Å². The van der Waals surface area contributed by atoms with Crippen LogP contribution in [0.3, 0.4) is 0 Å². The van der Waals surface area contributed by atoms with Crippen LogP contribution in [0.25, 0.3) is 0 Å². The molecule has 1 amide bonds. The minimum absolute atomic E-state index is 0.0265. The summed E-state index contributed by atoms with van der Waals surface area (Å²) in [5.74, 6) is 1.62. The average Bonchev–Trinajstić information content (AvgIpc) is 2.99. The molecule has 0 aromatic heterocycles. The van der Waals surface area contributed by atoms with Crippen LogP contribution in [0.5, 0.6) is 11.5 Å². The molecule has 2 N–H and O–H groups in total. The highest BCUT2D eigenvalue weighted by Gasteiger charge is 2.17. The van der Waals surface area contributed by atoms with Crippen molar-refractivity contribution in [2.75, 3.05) is 32.6 Å². The van der Waals surface area contributed by atoms with Crippen LogP contribution in [0.4, 0.5) is 5.69 Å². The Balaban J connectivity index is 1.97. The van der Waals surface area contributed by atoms with E-state index in [4.69, 9.17) is 21.1 Å². The maximum Gasteiger partial charge on any atom is 0.224 e. The smallest absolute Gasteiger partial charge is 0.224 e. The van der Waals surface area contributed by atoms with Gasteiger partial charge in [0.2, 0.25) is 5.91 Å². The summed E-state index contributed by atoms with van der Waals surface area (Å²) in [5, 5.41) is 6.59. The number of halogens is 1. The van der Waals surface area contributed by atoms with Gasteiger partial charge < -0.3 is 20.1 Å². The maximum absolute atomic E-state index is 12.0. The molecule has 1 saturated heterocycles. The van der Waals surface area contributed by atoms with Gasteiger partial charge in [0.15, 0.2) is 0 Å². The molecule has 0 bridgehead atoms. The standard InChI is InChI=1S/C15H21ClN2O3/c1-20-13-8-14(21-2)12(7-11(13)16)18-15(19)4-3-10-5-6-17-9-10/h7-8,10,17H,3-6,9H2,1-2H3,(H,18,19). The normalized spacial score (nSPS) is 17.6. The predicted octanol–water partition coefficient (Wildman–Crippen LogP) is 2.69. The largest absolute Gasteiger partial charge is 0.495 e. The fraction of sp³-hybridized carbons (Fsp3) is 0.533. The topological polar surface area (TPSA) is 59.6 Å². The number of carbonyl (C=O) groups excluding carboxylic acids is 1. The summed E-state index contributed by atoms with van der Waals surface area (Å²) in [7, 11) is 3.08. The number of hydrogen-bond donors (Lipinski definition) is 2. The van der Waals surface area contributed by atoms with Gasteiger partial charge in [-0.1, -0.05) is 11.6 Å². The van der Waals surface area contributed by atoms with Gasteiger partial charge in [-0.25, -0.2) is 0 Å². The summed E-state index contributed by atoms with van der Waals surface area (Å²) >= 11 is 6.08. The molecule has 1 atom stereocenters. The lowest BCUT2D eigenvalue weighted by Crippen LogP contribution is -2.15. The fourth-order valence-electron chi connectivity index (χ4n) is 2.47. The molecule has 0 saturated carbocycles. The molecule has 21 heavy (non-hydrogen) atoms. The number of amides is 1. The van der Waals surface area contributed by atoms with Gasteiger partial charge in [0.25, 0.3) is 0 Å². The Hall–Kier alpha value is -1.46. The van der Waals surface area contributed by atoms with Crippen LogP contribution in [-0.2, 0) is 4.79 Å². The predicted molar refractivity (Wildman–Crippen MR) is 83.4 cm³/mol. The Kier molecular flexibility index (Phi) is 5.70. The first-order valence-corrected chi connectivity index (χ1v) is 7.44. The van der Waals surface area contributed by atoms with E-state index in [1.165, 1.54) is 7.11 Å². The van der Waals surface area contributed by atoms with E-state index >= 15 is 0 Å². The summed E-state index contributed by atoms with van der Waals surface area (Å²) in [4.78, 5) is 12.0. The minimum Gasteiger partial charge on any atom is -0.495 e.